The van der Waals surface area contributed by atoms with Crippen LogP contribution in [0, 0.1) is 0 Å². The van der Waals surface area contributed by atoms with Gasteiger partial charge in [-0.05, 0) is 35.7 Å². The molecule has 0 saturated heterocycles. The SMILES string of the molecule is CC(c1ccc(-c2ccnc3[nH]c(=O)ccc23)cc1)N(C)S(N)(=O)=O.Cl. The first-order chi connectivity index (χ1) is 11.8. The summed E-state index contributed by atoms with van der Waals surface area (Å²) in [7, 11) is -2.31. The third-order valence-electron chi connectivity index (χ3n) is 4.28. The molecule has 0 saturated carbocycles. The minimum Gasteiger partial charge on any atom is -0.307 e. The maximum Gasteiger partial charge on any atom is 0.277 e. The normalized spacial score (nSPS) is 12.8. The van der Waals surface area contributed by atoms with Gasteiger partial charge in [-0.2, -0.15) is 12.7 Å². The Morgan fingerprint density at radius 1 is 1.12 bits per heavy atom. The number of nitrogens with two attached hydrogens (primary N) is 1. The predicted molar refractivity (Wildman–Crippen MR) is 104 cm³/mol. The van der Waals surface area contributed by atoms with Crippen molar-refractivity contribution in [2.75, 3.05) is 7.05 Å². The van der Waals surface area contributed by atoms with E-state index in [0.29, 0.717) is 5.65 Å². The topological polar surface area (TPSA) is 109 Å². The molecule has 1 unspecified atom stereocenters. The average Bonchev–Trinajstić information content (AvgIpc) is 2.59. The quantitative estimate of drug-likeness (QED) is 0.706. The van der Waals surface area contributed by atoms with Crippen LogP contribution in [0.4, 0.5) is 0 Å². The molecule has 2 aromatic heterocycles. The summed E-state index contributed by atoms with van der Waals surface area (Å²) in [6, 6.07) is 12.2. The molecule has 2 heterocycles. The number of aromatic amines is 1. The molecule has 1 atom stereocenters. The van der Waals surface area contributed by atoms with Gasteiger partial charge in [-0.1, -0.05) is 24.3 Å². The Morgan fingerprint density at radius 3 is 2.38 bits per heavy atom. The molecule has 0 aliphatic carbocycles. The number of benzene rings is 1. The smallest absolute Gasteiger partial charge is 0.277 e. The maximum absolute atomic E-state index is 11.5. The molecule has 7 nitrogen and oxygen atoms in total. The Hall–Kier alpha value is -2.26. The maximum atomic E-state index is 11.5. The first-order valence-electron chi connectivity index (χ1n) is 7.61. The van der Waals surface area contributed by atoms with Crippen LogP contribution in [0.3, 0.4) is 0 Å². The summed E-state index contributed by atoms with van der Waals surface area (Å²) in [5.41, 5.74) is 3.02. The Labute approximate surface area is 157 Å². The van der Waals surface area contributed by atoms with E-state index < -0.39 is 10.2 Å². The second-order valence-electron chi connectivity index (χ2n) is 5.80. The van der Waals surface area contributed by atoms with Crippen LogP contribution in [-0.2, 0) is 10.2 Å². The molecule has 138 valence electrons. The Kier molecular flexibility index (Phi) is 5.82. The highest BCUT2D eigenvalue weighted by Crippen LogP contribution is 2.28. The number of rotatable bonds is 4. The van der Waals surface area contributed by atoms with Crippen LogP contribution in [0.2, 0.25) is 0 Å². The van der Waals surface area contributed by atoms with E-state index >= 15 is 0 Å². The van der Waals surface area contributed by atoms with E-state index in [1.807, 2.05) is 30.3 Å². The molecule has 0 fully saturated rings. The van der Waals surface area contributed by atoms with Crippen molar-refractivity contribution in [2.45, 2.75) is 13.0 Å². The minimum atomic E-state index is -3.75. The summed E-state index contributed by atoms with van der Waals surface area (Å²) in [5, 5.41) is 6.01. The van der Waals surface area contributed by atoms with Gasteiger partial charge >= 0.3 is 0 Å². The van der Waals surface area contributed by atoms with Crippen molar-refractivity contribution in [1.82, 2.24) is 14.3 Å². The van der Waals surface area contributed by atoms with Crippen LogP contribution in [0.1, 0.15) is 18.5 Å². The Bertz CT molecular complexity index is 1080. The third kappa shape index (κ3) is 3.94. The molecule has 3 N–H and O–H groups in total. The molecule has 0 spiro atoms. The summed E-state index contributed by atoms with van der Waals surface area (Å²) >= 11 is 0. The summed E-state index contributed by atoms with van der Waals surface area (Å²) in [6.45, 7) is 1.77. The molecule has 0 aliphatic heterocycles. The largest absolute Gasteiger partial charge is 0.307 e. The van der Waals surface area contributed by atoms with Crippen LogP contribution >= 0.6 is 12.4 Å². The van der Waals surface area contributed by atoms with Crippen molar-refractivity contribution in [3.05, 3.63) is 64.6 Å². The number of fused-ring (bicyclic) bond motifs is 1. The number of nitrogens with zero attached hydrogens (tertiary/aromatic N) is 2. The first-order valence-corrected chi connectivity index (χ1v) is 9.12. The first kappa shape index (κ1) is 20.1. The van der Waals surface area contributed by atoms with Crippen molar-refractivity contribution < 1.29 is 8.42 Å². The summed E-state index contributed by atoms with van der Waals surface area (Å²) in [6.07, 6.45) is 1.64. The number of pyridine rings is 2. The van der Waals surface area contributed by atoms with E-state index in [2.05, 4.69) is 9.97 Å². The molecule has 0 radical (unpaired) electrons. The van der Waals surface area contributed by atoms with Crippen LogP contribution < -0.4 is 10.7 Å². The Morgan fingerprint density at radius 2 is 1.77 bits per heavy atom. The summed E-state index contributed by atoms with van der Waals surface area (Å²) in [5.74, 6) is 0. The van der Waals surface area contributed by atoms with E-state index in [0.717, 1.165) is 26.4 Å². The molecular weight excluding hydrogens is 376 g/mol. The standard InChI is InChI=1S/C17H18N4O3S.ClH/c1-11(21(2)25(18,23)24)12-3-5-13(6-4-12)14-9-10-19-17-15(14)7-8-16(22)20-17;/h3-11H,1-2H3,(H2,18,23,24)(H,19,20,22);1H. The van der Waals surface area contributed by atoms with Gasteiger partial charge in [0.05, 0.1) is 0 Å². The molecule has 0 amide bonds. The molecule has 0 bridgehead atoms. The van der Waals surface area contributed by atoms with Crippen LogP contribution in [-0.4, -0.2) is 29.7 Å². The van der Waals surface area contributed by atoms with Gasteiger partial charge in [0.1, 0.15) is 5.65 Å². The second-order valence-corrected chi connectivity index (χ2v) is 7.41. The zero-order valence-electron chi connectivity index (χ0n) is 14.2. The molecule has 3 rings (SSSR count). The van der Waals surface area contributed by atoms with E-state index in [-0.39, 0.29) is 24.0 Å². The number of H-pyrrole nitrogens is 1. The molecule has 3 aromatic rings. The highest BCUT2D eigenvalue weighted by Gasteiger charge is 2.20. The second kappa shape index (κ2) is 7.55. The fourth-order valence-corrected chi connectivity index (χ4v) is 3.24. The van der Waals surface area contributed by atoms with Crippen molar-refractivity contribution in [3.8, 4) is 11.1 Å². The third-order valence-corrected chi connectivity index (χ3v) is 5.40. The number of hydrogen-bond donors (Lipinski definition) is 2. The highest BCUT2D eigenvalue weighted by atomic mass is 35.5. The van der Waals surface area contributed by atoms with Crippen LogP contribution in [0.15, 0.2) is 53.5 Å². The average molecular weight is 395 g/mol. The van der Waals surface area contributed by atoms with Gasteiger partial charge in [-0.15, -0.1) is 12.4 Å². The fourth-order valence-electron chi connectivity index (χ4n) is 2.68. The van der Waals surface area contributed by atoms with Gasteiger partial charge in [-0.25, -0.2) is 10.1 Å². The van der Waals surface area contributed by atoms with Gasteiger partial charge in [-0.3, -0.25) is 4.79 Å². The summed E-state index contributed by atoms with van der Waals surface area (Å²) < 4.78 is 24.1. The Balaban J connectivity index is 0.00000243. The number of hydrogen-bond acceptors (Lipinski definition) is 4. The lowest BCUT2D eigenvalue weighted by Gasteiger charge is -2.22. The minimum absolute atomic E-state index is 0. The highest BCUT2D eigenvalue weighted by molar-refractivity contribution is 7.86. The van der Waals surface area contributed by atoms with E-state index in [1.165, 1.54) is 13.1 Å². The molecule has 26 heavy (non-hydrogen) atoms. The van der Waals surface area contributed by atoms with E-state index in [1.54, 1.807) is 19.2 Å². The van der Waals surface area contributed by atoms with Gasteiger partial charge in [0.25, 0.3) is 10.2 Å². The molecule has 1 aromatic carbocycles. The van der Waals surface area contributed by atoms with E-state index in [9.17, 15) is 13.2 Å². The van der Waals surface area contributed by atoms with Gasteiger partial charge < -0.3 is 4.98 Å². The van der Waals surface area contributed by atoms with Crippen molar-refractivity contribution in [2.24, 2.45) is 5.14 Å². The van der Waals surface area contributed by atoms with E-state index in [4.69, 9.17) is 5.14 Å². The zero-order valence-corrected chi connectivity index (χ0v) is 15.8. The lowest BCUT2D eigenvalue weighted by Crippen LogP contribution is -2.35. The lowest BCUT2D eigenvalue weighted by atomic mass is 10.00. The molecule has 9 heteroatoms. The molecule has 0 aliphatic rings. The molecular formula is C17H19ClN4O3S. The zero-order chi connectivity index (χ0) is 18.2. The van der Waals surface area contributed by atoms with Crippen molar-refractivity contribution >= 4 is 33.6 Å². The van der Waals surface area contributed by atoms with Crippen LogP contribution in [0.5, 0.6) is 0 Å². The number of aromatic nitrogens is 2. The van der Waals surface area contributed by atoms with Gasteiger partial charge in [0.2, 0.25) is 5.56 Å². The van der Waals surface area contributed by atoms with Crippen molar-refractivity contribution in [1.29, 1.82) is 0 Å². The number of nitrogens with one attached hydrogen (secondary N) is 1. The van der Waals surface area contributed by atoms with Gasteiger partial charge in [0, 0.05) is 30.7 Å². The van der Waals surface area contributed by atoms with Gasteiger partial charge in [0.15, 0.2) is 0 Å². The number of halogens is 1. The fraction of sp³-hybridized carbons (Fsp3) is 0.176. The summed E-state index contributed by atoms with van der Waals surface area (Å²) in [4.78, 5) is 18.3. The van der Waals surface area contributed by atoms with Crippen LogP contribution in [0.25, 0.3) is 22.2 Å². The predicted octanol–water partition coefficient (Wildman–Crippen LogP) is 2.21. The van der Waals surface area contributed by atoms with Crippen molar-refractivity contribution in [3.63, 3.8) is 0 Å². The lowest BCUT2D eigenvalue weighted by molar-refractivity contribution is 0.399. The monoisotopic (exact) mass is 394 g/mol.